The van der Waals surface area contributed by atoms with Crippen molar-refractivity contribution in [2.75, 3.05) is 0 Å². The molecule has 0 unspecified atom stereocenters. The lowest BCUT2D eigenvalue weighted by molar-refractivity contribution is 0.447. The fourth-order valence-corrected chi connectivity index (χ4v) is 4.11. The summed E-state index contributed by atoms with van der Waals surface area (Å²) in [6.07, 6.45) is 10.9. The van der Waals surface area contributed by atoms with E-state index in [1.54, 1.807) is 11.3 Å². The molecule has 0 amide bonds. The second-order valence-corrected chi connectivity index (χ2v) is 6.25. The van der Waals surface area contributed by atoms with Crippen LogP contribution in [-0.2, 0) is 6.42 Å². The first-order valence-corrected chi connectivity index (χ1v) is 7.69. The van der Waals surface area contributed by atoms with Gasteiger partial charge >= 0.3 is 0 Å². The highest BCUT2D eigenvalue weighted by molar-refractivity contribution is 7.12. The van der Waals surface area contributed by atoms with Crippen LogP contribution >= 0.6 is 11.3 Å². The average molecular weight is 271 g/mol. The lowest BCUT2D eigenvalue weighted by atomic mass is 9.88. The first kappa shape index (κ1) is 12.4. The van der Waals surface area contributed by atoms with Gasteiger partial charge in [0.1, 0.15) is 0 Å². The Morgan fingerprint density at radius 1 is 1.37 bits per heavy atom. The molecular weight excluding hydrogens is 254 g/mol. The molecule has 19 heavy (non-hydrogen) atoms. The molecule has 0 N–H and O–H groups in total. The van der Waals surface area contributed by atoms with Crippen LogP contribution in [0.15, 0.2) is 24.5 Å². The van der Waals surface area contributed by atoms with Gasteiger partial charge in [-0.05, 0) is 30.9 Å². The normalized spacial score (nSPS) is 16.4. The zero-order valence-electron chi connectivity index (χ0n) is 10.9. The van der Waals surface area contributed by atoms with Gasteiger partial charge in [0.15, 0.2) is 0 Å². The minimum Gasteiger partial charge on any atom is -0.240 e. The predicted octanol–water partition coefficient (Wildman–Crippen LogP) is 4.05. The lowest BCUT2D eigenvalue weighted by Crippen LogP contribution is -2.06. The van der Waals surface area contributed by atoms with Crippen molar-refractivity contribution in [3.05, 3.63) is 34.3 Å². The quantitative estimate of drug-likeness (QED) is 0.845. The van der Waals surface area contributed by atoms with Crippen LogP contribution in [0.25, 0.3) is 5.69 Å². The van der Waals surface area contributed by atoms with E-state index < -0.39 is 0 Å². The van der Waals surface area contributed by atoms with Gasteiger partial charge in [-0.3, -0.25) is 0 Å². The van der Waals surface area contributed by atoms with Crippen LogP contribution in [0.1, 0.15) is 47.8 Å². The SMILES string of the molecule is N#CCc1cc(-n2cccn2)c(C2CCCCC2)s1. The lowest BCUT2D eigenvalue weighted by Gasteiger charge is -2.21. The molecule has 0 aromatic carbocycles. The van der Waals surface area contributed by atoms with Crippen LogP contribution in [0.4, 0.5) is 0 Å². The Morgan fingerprint density at radius 2 is 2.21 bits per heavy atom. The Labute approximate surface area is 117 Å². The summed E-state index contributed by atoms with van der Waals surface area (Å²) >= 11 is 1.81. The molecule has 1 aliphatic rings. The topological polar surface area (TPSA) is 41.6 Å². The Hall–Kier alpha value is -1.60. The molecule has 1 aliphatic carbocycles. The summed E-state index contributed by atoms with van der Waals surface area (Å²) in [6.45, 7) is 0. The van der Waals surface area contributed by atoms with E-state index in [0.29, 0.717) is 12.3 Å². The number of aromatic nitrogens is 2. The van der Waals surface area contributed by atoms with Gasteiger partial charge in [-0.15, -0.1) is 11.3 Å². The number of nitrogens with zero attached hydrogens (tertiary/aromatic N) is 3. The molecule has 2 aromatic rings. The van der Waals surface area contributed by atoms with E-state index in [4.69, 9.17) is 5.26 Å². The molecule has 0 aliphatic heterocycles. The number of rotatable bonds is 3. The van der Waals surface area contributed by atoms with Crippen LogP contribution in [-0.4, -0.2) is 9.78 Å². The second kappa shape index (κ2) is 5.58. The zero-order valence-corrected chi connectivity index (χ0v) is 11.7. The van der Waals surface area contributed by atoms with Crippen molar-refractivity contribution in [2.24, 2.45) is 0 Å². The Morgan fingerprint density at radius 3 is 2.89 bits per heavy atom. The summed E-state index contributed by atoms with van der Waals surface area (Å²) < 4.78 is 1.95. The first-order chi connectivity index (χ1) is 9.38. The van der Waals surface area contributed by atoms with Crippen molar-refractivity contribution < 1.29 is 0 Å². The standard InChI is InChI=1S/C15H17N3S/c16-8-7-13-11-14(18-10-4-9-17-18)15(19-13)12-5-2-1-3-6-12/h4,9-12H,1-3,5-7H2. The van der Waals surface area contributed by atoms with Gasteiger partial charge < -0.3 is 0 Å². The minimum absolute atomic E-state index is 0.506. The van der Waals surface area contributed by atoms with Crippen molar-refractivity contribution in [2.45, 2.75) is 44.4 Å². The fourth-order valence-electron chi connectivity index (χ4n) is 2.86. The first-order valence-electron chi connectivity index (χ1n) is 6.88. The van der Waals surface area contributed by atoms with E-state index in [-0.39, 0.29) is 0 Å². The van der Waals surface area contributed by atoms with E-state index in [1.807, 2.05) is 23.1 Å². The molecular formula is C15H17N3S. The van der Waals surface area contributed by atoms with Gasteiger partial charge in [0.05, 0.1) is 18.2 Å². The van der Waals surface area contributed by atoms with Crippen LogP contribution in [0.3, 0.4) is 0 Å². The van der Waals surface area contributed by atoms with Crippen molar-refractivity contribution in [1.29, 1.82) is 5.26 Å². The second-order valence-electron chi connectivity index (χ2n) is 5.08. The summed E-state index contributed by atoms with van der Waals surface area (Å²) in [5, 5.41) is 13.3. The molecule has 0 spiro atoms. The molecule has 4 heteroatoms. The van der Waals surface area contributed by atoms with Gasteiger partial charge in [-0.2, -0.15) is 10.4 Å². The molecule has 0 bridgehead atoms. The van der Waals surface area contributed by atoms with Crippen LogP contribution < -0.4 is 0 Å². The molecule has 2 aromatic heterocycles. The maximum absolute atomic E-state index is 8.89. The van der Waals surface area contributed by atoms with E-state index in [0.717, 1.165) is 4.88 Å². The zero-order chi connectivity index (χ0) is 13.1. The molecule has 0 atom stereocenters. The number of nitriles is 1. The Kier molecular flexibility index (Phi) is 3.65. The summed E-state index contributed by atoms with van der Waals surface area (Å²) in [6, 6.07) is 6.35. The Bertz CT molecular complexity index is 571. The van der Waals surface area contributed by atoms with Gasteiger partial charge in [-0.1, -0.05) is 19.3 Å². The third kappa shape index (κ3) is 2.57. The molecule has 2 heterocycles. The van der Waals surface area contributed by atoms with Crippen molar-refractivity contribution in [3.8, 4) is 11.8 Å². The van der Waals surface area contributed by atoms with Gasteiger partial charge in [0.2, 0.25) is 0 Å². The van der Waals surface area contributed by atoms with E-state index in [2.05, 4.69) is 17.2 Å². The molecule has 0 radical (unpaired) electrons. The molecule has 0 saturated heterocycles. The van der Waals surface area contributed by atoms with Crippen LogP contribution in [0.2, 0.25) is 0 Å². The number of thiophene rings is 1. The average Bonchev–Trinajstić information content (AvgIpc) is 3.08. The maximum Gasteiger partial charge on any atom is 0.0790 e. The highest BCUT2D eigenvalue weighted by Crippen LogP contribution is 2.40. The van der Waals surface area contributed by atoms with Crippen LogP contribution in [0.5, 0.6) is 0 Å². The third-order valence-electron chi connectivity index (χ3n) is 3.77. The number of hydrogen-bond acceptors (Lipinski definition) is 3. The van der Waals surface area contributed by atoms with Gasteiger partial charge in [-0.25, -0.2) is 4.68 Å². The molecule has 3 nitrogen and oxygen atoms in total. The minimum atomic E-state index is 0.506. The monoisotopic (exact) mass is 271 g/mol. The highest BCUT2D eigenvalue weighted by atomic mass is 32.1. The van der Waals surface area contributed by atoms with Crippen molar-refractivity contribution >= 4 is 11.3 Å². The smallest absolute Gasteiger partial charge is 0.0790 e. The molecule has 1 fully saturated rings. The Balaban J connectivity index is 1.98. The highest BCUT2D eigenvalue weighted by Gasteiger charge is 2.22. The summed E-state index contributed by atoms with van der Waals surface area (Å²) in [7, 11) is 0. The van der Waals surface area contributed by atoms with E-state index in [1.165, 1.54) is 42.7 Å². The fraction of sp³-hybridized carbons (Fsp3) is 0.467. The molecule has 3 rings (SSSR count). The van der Waals surface area contributed by atoms with Gasteiger partial charge in [0.25, 0.3) is 0 Å². The molecule has 98 valence electrons. The number of hydrogen-bond donors (Lipinski definition) is 0. The van der Waals surface area contributed by atoms with E-state index >= 15 is 0 Å². The van der Waals surface area contributed by atoms with E-state index in [9.17, 15) is 0 Å². The maximum atomic E-state index is 8.89. The summed E-state index contributed by atoms with van der Waals surface area (Å²) in [5.41, 5.74) is 1.19. The largest absolute Gasteiger partial charge is 0.240 e. The van der Waals surface area contributed by atoms with Gasteiger partial charge in [0, 0.05) is 22.1 Å². The molecule has 1 saturated carbocycles. The third-order valence-corrected chi connectivity index (χ3v) is 5.06. The van der Waals surface area contributed by atoms with Crippen molar-refractivity contribution in [3.63, 3.8) is 0 Å². The van der Waals surface area contributed by atoms with Crippen LogP contribution in [0, 0.1) is 11.3 Å². The van der Waals surface area contributed by atoms with Crippen molar-refractivity contribution in [1.82, 2.24) is 9.78 Å². The predicted molar refractivity (Wildman–Crippen MR) is 76.6 cm³/mol. The summed E-state index contributed by atoms with van der Waals surface area (Å²) in [4.78, 5) is 2.59. The summed E-state index contributed by atoms with van der Waals surface area (Å²) in [5.74, 6) is 0.658.